The Labute approximate surface area is 162 Å². The van der Waals surface area contributed by atoms with Gasteiger partial charge in [-0.05, 0) is 47.0 Å². The summed E-state index contributed by atoms with van der Waals surface area (Å²) in [6, 6.07) is 0. The van der Waals surface area contributed by atoms with E-state index in [9.17, 15) is 4.79 Å². The third-order valence-corrected chi connectivity index (χ3v) is 3.47. The molecule has 0 aromatic carbocycles. The van der Waals surface area contributed by atoms with Gasteiger partial charge in [-0.15, -0.1) is 24.0 Å². The maximum absolute atomic E-state index is 11.5. The summed E-state index contributed by atoms with van der Waals surface area (Å²) in [5.74, 6) is 0.749. The topological polar surface area (TPSA) is 84.0 Å². The first-order valence-electron chi connectivity index (χ1n) is 8.29. The number of aliphatic imine (C=N–C) groups is 1. The molecule has 24 heavy (non-hydrogen) atoms. The first-order valence-corrected chi connectivity index (χ1v) is 8.29. The molecule has 1 atom stereocenters. The van der Waals surface area contributed by atoms with Crippen molar-refractivity contribution in [1.82, 2.24) is 16.0 Å². The van der Waals surface area contributed by atoms with Crippen LogP contribution < -0.4 is 16.0 Å². The molecule has 0 bridgehead atoms. The molecule has 0 aliphatic carbocycles. The van der Waals surface area contributed by atoms with Crippen LogP contribution in [-0.4, -0.2) is 56.5 Å². The molecule has 1 aliphatic heterocycles. The van der Waals surface area contributed by atoms with Gasteiger partial charge in [-0.3, -0.25) is 4.99 Å². The van der Waals surface area contributed by atoms with E-state index in [2.05, 4.69) is 27.9 Å². The lowest BCUT2D eigenvalue weighted by Gasteiger charge is -2.24. The number of rotatable bonds is 6. The van der Waals surface area contributed by atoms with Crippen LogP contribution >= 0.6 is 24.0 Å². The second kappa shape index (κ2) is 11.0. The van der Waals surface area contributed by atoms with E-state index >= 15 is 0 Å². The van der Waals surface area contributed by atoms with Crippen molar-refractivity contribution in [2.75, 3.05) is 33.3 Å². The van der Waals surface area contributed by atoms with Crippen molar-refractivity contribution >= 4 is 36.0 Å². The van der Waals surface area contributed by atoms with Gasteiger partial charge in [0.15, 0.2) is 5.96 Å². The third-order valence-electron chi connectivity index (χ3n) is 3.47. The molecule has 1 saturated heterocycles. The van der Waals surface area contributed by atoms with Gasteiger partial charge in [0.25, 0.3) is 0 Å². The summed E-state index contributed by atoms with van der Waals surface area (Å²) in [6.07, 6.45) is 2.58. The molecule has 0 spiro atoms. The molecule has 1 aliphatic rings. The Morgan fingerprint density at radius 2 is 1.92 bits per heavy atom. The second-order valence-electron chi connectivity index (χ2n) is 7.04. The Morgan fingerprint density at radius 3 is 2.46 bits per heavy atom. The van der Waals surface area contributed by atoms with Crippen LogP contribution in [0.2, 0.25) is 0 Å². The first kappa shape index (κ1) is 23.2. The summed E-state index contributed by atoms with van der Waals surface area (Å²) >= 11 is 0. The smallest absolute Gasteiger partial charge is 0.407 e. The van der Waals surface area contributed by atoms with E-state index in [0.29, 0.717) is 13.1 Å². The molecule has 142 valence electrons. The summed E-state index contributed by atoms with van der Waals surface area (Å²) in [4.78, 5) is 15.7. The largest absolute Gasteiger partial charge is 0.444 e. The molecule has 8 heteroatoms. The predicted octanol–water partition coefficient (Wildman–Crippen LogP) is 2.25. The Hall–Kier alpha value is -0.770. The molecular formula is C16H33IN4O3. The number of alkyl carbamates (subject to hydrolysis) is 1. The molecule has 1 heterocycles. The van der Waals surface area contributed by atoms with Crippen LogP contribution in [0.15, 0.2) is 4.99 Å². The van der Waals surface area contributed by atoms with Gasteiger partial charge in [0.2, 0.25) is 0 Å². The zero-order valence-electron chi connectivity index (χ0n) is 15.5. The minimum Gasteiger partial charge on any atom is -0.444 e. The van der Waals surface area contributed by atoms with Crippen LogP contribution in [0.3, 0.4) is 0 Å². The predicted molar refractivity (Wildman–Crippen MR) is 107 cm³/mol. The highest BCUT2D eigenvalue weighted by atomic mass is 127. The minimum absolute atomic E-state index is 0. The van der Waals surface area contributed by atoms with Crippen LogP contribution in [0.1, 0.15) is 47.0 Å². The second-order valence-corrected chi connectivity index (χ2v) is 7.04. The lowest BCUT2D eigenvalue weighted by Crippen LogP contribution is -2.46. The number of hydrogen-bond acceptors (Lipinski definition) is 4. The molecule has 1 unspecified atom stereocenters. The molecule has 0 aromatic rings. The molecule has 3 N–H and O–H groups in total. The van der Waals surface area contributed by atoms with Gasteiger partial charge in [0.1, 0.15) is 5.60 Å². The van der Waals surface area contributed by atoms with E-state index < -0.39 is 5.60 Å². The van der Waals surface area contributed by atoms with Crippen molar-refractivity contribution in [2.24, 2.45) is 4.99 Å². The van der Waals surface area contributed by atoms with Crippen molar-refractivity contribution in [3.05, 3.63) is 0 Å². The van der Waals surface area contributed by atoms with Gasteiger partial charge in [-0.1, -0.05) is 0 Å². The van der Waals surface area contributed by atoms with Crippen molar-refractivity contribution in [1.29, 1.82) is 0 Å². The van der Waals surface area contributed by atoms with E-state index in [1.807, 2.05) is 20.8 Å². The number of hydrogen-bond donors (Lipinski definition) is 3. The summed E-state index contributed by atoms with van der Waals surface area (Å²) in [5, 5.41) is 9.24. The zero-order valence-corrected chi connectivity index (χ0v) is 17.9. The summed E-state index contributed by atoms with van der Waals surface area (Å²) < 4.78 is 10.9. The van der Waals surface area contributed by atoms with Crippen molar-refractivity contribution in [3.63, 3.8) is 0 Å². The summed E-state index contributed by atoms with van der Waals surface area (Å²) in [6.45, 7) is 10.5. The fourth-order valence-electron chi connectivity index (χ4n) is 2.27. The van der Waals surface area contributed by atoms with Crippen molar-refractivity contribution < 1.29 is 14.3 Å². The minimum atomic E-state index is -0.466. The maximum Gasteiger partial charge on any atom is 0.407 e. The van der Waals surface area contributed by atoms with E-state index in [0.717, 1.165) is 38.4 Å². The average Bonchev–Trinajstić information content (AvgIpc) is 2.87. The van der Waals surface area contributed by atoms with Crippen LogP contribution in [0.4, 0.5) is 4.79 Å². The number of guanidine groups is 1. The molecule has 0 aromatic heterocycles. The van der Waals surface area contributed by atoms with Gasteiger partial charge in [-0.25, -0.2) is 4.79 Å². The zero-order chi connectivity index (χ0) is 17.3. The molecule has 1 amide bonds. The fraction of sp³-hybridized carbons (Fsp3) is 0.875. The maximum atomic E-state index is 11.5. The van der Waals surface area contributed by atoms with Crippen LogP contribution in [0.5, 0.6) is 0 Å². The Morgan fingerprint density at radius 1 is 1.25 bits per heavy atom. The normalized spacial score (nSPS) is 21.0. The monoisotopic (exact) mass is 456 g/mol. The number of nitrogens with zero attached hydrogens (tertiary/aromatic N) is 1. The van der Waals surface area contributed by atoms with Gasteiger partial charge >= 0.3 is 6.09 Å². The SMILES string of the molecule is CN=C(NCCCNC(=O)OC(C)(C)C)NCC1(C)CCCO1.I. The van der Waals surface area contributed by atoms with E-state index in [4.69, 9.17) is 9.47 Å². The Bertz CT molecular complexity index is 405. The van der Waals surface area contributed by atoms with E-state index in [1.54, 1.807) is 7.05 Å². The lowest BCUT2D eigenvalue weighted by atomic mass is 10.0. The quantitative estimate of drug-likeness (QED) is 0.247. The molecule has 0 saturated carbocycles. The van der Waals surface area contributed by atoms with Crippen LogP contribution in [0, 0.1) is 0 Å². The third kappa shape index (κ3) is 10.2. The average molecular weight is 456 g/mol. The lowest BCUT2D eigenvalue weighted by molar-refractivity contribution is 0.0242. The van der Waals surface area contributed by atoms with Crippen LogP contribution in [-0.2, 0) is 9.47 Å². The molecular weight excluding hydrogens is 423 g/mol. The Balaban J connectivity index is 0.00000529. The van der Waals surface area contributed by atoms with Crippen molar-refractivity contribution in [3.8, 4) is 0 Å². The number of amides is 1. The van der Waals surface area contributed by atoms with E-state index in [-0.39, 0.29) is 35.7 Å². The Kier molecular flexibility index (Phi) is 10.6. The molecule has 0 radical (unpaired) electrons. The number of carbonyl (C=O) groups is 1. The number of ether oxygens (including phenoxy) is 2. The van der Waals surface area contributed by atoms with Gasteiger partial charge in [0, 0.05) is 33.3 Å². The molecule has 7 nitrogen and oxygen atoms in total. The van der Waals surface area contributed by atoms with Crippen molar-refractivity contribution in [2.45, 2.75) is 58.2 Å². The standard InChI is InChI=1S/C16H32N4O3.HI/c1-15(2,3)23-14(21)19-10-7-9-18-13(17-5)20-12-16(4)8-6-11-22-16;/h6-12H2,1-5H3,(H,19,21)(H2,17,18,20);1H. The fourth-order valence-corrected chi connectivity index (χ4v) is 2.27. The highest BCUT2D eigenvalue weighted by Crippen LogP contribution is 2.23. The first-order chi connectivity index (χ1) is 10.7. The van der Waals surface area contributed by atoms with Gasteiger partial charge < -0.3 is 25.4 Å². The highest BCUT2D eigenvalue weighted by molar-refractivity contribution is 14.0. The molecule has 1 fully saturated rings. The number of halogens is 1. The molecule has 1 rings (SSSR count). The highest BCUT2D eigenvalue weighted by Gasteiger charge is 2.29. The summed E-state index contributed by atoms with van der Waals surface area (Å²) in [5.41, 5.74) is -0.567. The van der Waals surface area contributed by atoms with Gasteiger partial charge in [-0.2, -0.15) is 0 Å². The van der Waals surface area contributed by atoms with Gasteiger partial charge in [0.05, 0.1) is 5.60 Å². The summed E-state index contributed by atoms with van der Waals surface area (Å²) in [7, 11) is 1.74. The van der Waals surface area contributed by atoms with Crippen LogP contribution in [0.25, 0.3) is 0 Å². The number of nitrogens with one attached hydrogen (secondary N) is 3. The number of carbonyl (C=O) groups excluding carboxylic acids is 1. The van der Waals surface area contributed by atoms with E-state index in [1.165, 1.54) is 0 Å².